The normalized spacial score (nSPS) is 14.8. The van der Waals surface area contributed by atoms with Gasteiger partial charge in [0.15, 0.2) is 5.82 Å². The van der Waals surface area contributed by atoms with Gasteiger partial charge in [-0.05, 0) is 30.3 Å². The number of carbonyl (C=O) groups is 1. The number of halogens is 2. The Kier molecular flexibility index (Phi) is 5.73. The van der Waals surface area contributed by atoms with Crippen LogP contribution < -0.4 is 5.32 Å². The van der Waals surface area contributed by atoms with Crippen LogP contribution in [0.1, 0.15) is 5.82 Å². The zero-order chi connectivity index (χ0) is 20.2. The van der Waals surface area contributed by atoms with Gasteiger partial charge in [0.25, 0.3) is 5.89 Å². The van der Waals surface area contributed by atoms with E-state index in [0.717, 1.165) is 0 Å². The molecule has 0 saturated carbocycles. The molecule has 1 saturated heterocycles. The van der Waals surface area contributed by atoms with Crippen molar-refractivity contribution in [1.82, 2.24) is 19.9 Å². The second-order valence-corrected chi connectivity index (χ2v) is 7.11. The van der Waals surface area contributed by atoms with Gasteiger partial charge in [0, 0.05) is 31.9 Å². The molecule has 0 radical (unpaired) electrons. The van der Waals surface area contributed by atoms with Crippen LogP contribution in [-0.4, -0.2) is 52.2 Å². The third-order valence-corrected chi connectivity index (χ3v) is 5.00. The number of nitrogens with one attached hydrogen (secondary N) is 1. The van der Waals surface area contributed by atoms with Crippen molar-refractivity contribution in [3.05, 3.63) is 65.2 Å². The minimum Gasteiger partial charge on any atom is -0.334 e. The van der Waals surface area contributed by atoms with Crippen molar-refractivity contribution >= 4 is 23.3 Å². The van der Waals surface area contributed by atoms with E-state index < -0.39 is 0 Å². The average Bonchev–Trinajstić information content (AvgIpc) is 3.17. The fraction of sp³-hybridized carbons (Fsp3) is 0.250. The number of hydrogen-bond donors (Lipinski definition) is 1. The van der Waals surface area contributed by atoms with Crippen molar-refractivity contribution in [2.75, 3.05) is 31.5 Å². The van der Waals surface area contributed by atoms with Gasteiger partial charge in [-0.15, -0.1) is 0 Å². The summed E-state index contributed by atoms with van der Waals surface area (Å²) in [6.45, 7) is 2.97. The number of aromatic nitrogens is 2. The highest BCUT2D eigenvalue weighted by Gasteiger charge is 2.23. The highest BCUT2D eigenvalue weighted by Crippen LogP contribution is 2.26. The molecule has 2 heterocycles. The summed E-state index contributed by atoms with van der Waals surface area (Å²) in [6, 6.07) is 12.9. The van der Waals surface area contributed by atoms with Crippen LogP contribution in [0.3, 0.4) is 0 Å². The van der Waals surface area contributed by atoms with Gasteiger partial charge in [0.1, 0.15) is 5.82 Å². The molecule has 1 N–H and O–H groups in total. The van der Waals surface area contributed by atoms with Crippen LogP contribution in [-0.2, 0) is 6.54 Å². The molecule has 2 aromatic carbocycles. The minimum atomic E-state index is -0.385. The lowest BCUT2D eigenvalue weighted by Crippen LogP contribution is -2.49. The molecule has 7 nitrogen and oxygen atoms in total. The van der Waals surface area contributed by atoms with Gasteiger partial charge in [0.2, 0.25) is 0 Å². The highest BCUT2D eigenvalue weighted by atomic mass is 35.5. The summed E-state index contributed by atoms with van der Waals surface area (Å²) < 4.78 is 18.6. The summed E-state index contributed by atoms with van der Waals surface area (Å²) in [6.07, 6.45) is 0. The van der Waals surface area contributed by atoms with Crippen LogP contribution in [0.25, 0.3) is 11.5 Å². The van der Waals surface area contributed by atoms with E-state index in [-0.39, 0.29) is 11.8 Å². The standard InChI is InChI=1S/C20H19ClFN5O2/c21-17-7-2-1-6-16(17)19-24-18(25-29-19)13-26-8-10-27(11-9-26)20(28)23-15-5-3-4-14(22)12-15/h1-7,12H,8-11,13H2,(H,23,28). The van der Waals surface area contributed by atoms with Crippen LogP contribution in [0.2, 0.25) is 5.02 Å². The minimum absolute atomic E-state index is 0.240. The van der Waals surface area contributed by atoms with Crippen molar-refractivity contribution in [1.29, 1.82) is 0 Å². The third-order valence-electron chi connectivity index (χ3n) is 4.67. The molecule has 1 fully saturated rings. The molecule has 29 heavy (non-hydrogen) atoms. The van der Waals surface area contributed by atoms with Gasteiger partial charge in [-0.2, -0.15) is 4.98 Å². The molecule has 1 aliphatic rings. The van der Waals surface area contributed by atoms with Crippen LogP contribution in [0.15, 0.2) is 53.1 Å². The molecular formula is C20H19ClFN5O2. The lowest BCUT2D eigenvalue weighted by atomic mass is 10.2. The number of anilines is 1. The van der Waals surface area contributed by atoms with E-state index in [0.29, 0.717) is 60.7 Å². The van der Waals surface area contributed by atoms with Crippen molar-refractivity contribution in [2.24, 2.45) is 0 Å². The molecule has 0 atom stereocenters. The predicted molar refractivity (Wildman–Crippen MR) is 107 cm³/mol. The molecule has 0 unspecified atom stereocenters. The maximum atomic E-state index is 13.3. The first-order valence-electron chi connectivity index (χ1n) is 9.20. The maximum Gasteiger partial charge on any atom is 0.321 e. The fourth-order valence-corrected chi connectivity index (χ4v) is 3.36. The topological polar surface area (TPSA) is 74.5 Å². The van der Waals surface area contributed by atoms with Crippen molar-refractivity contribution in [3.63, 3.8) is 0 Å². The summed E-state index contributed by atoms with van der Waals surface area (Å²) in [5, 5.41) is 7.31. The van der Waals surface area contributed by atoms with E-state index in [4.69, 9.17) is 16.1 Å². The highest BCUT2D eigenvalue weighted by molar-refractivity contribution is 6.33. The number of rotatable bonds is 4. The number of piperazine rings is 1. The van der Waals surface area contributed by atoms with Crippen molar-refractivity contribution in [3.8, 4) is 11.5 Å². The van der Waals surface area contributed by atoms with Gasteiger partial charge in [-0.1, -0.05) is 35.0 Å². The Hall–Kier alpha value is -2.97. The van der Waals surface area contributed by atoms with Gasteiger partial charge < -0.3 is 14.7 Å². The van der Waals surface area contributed by atoms with Gasteiger partial charge in [-0.25, -0.2) is 9.18 Å². The van der Waals surface area contributed by atoms with Gasteiger partial charge >= 0.3 is 6.03 Å². The van der Waals surface area contributed by atoms with Gasteiger partial charge in [0.05, 0.1) is 17.1 Å². The number of amides is 2. The number of hydrogen-bond acceptors (Lipinski definition) is 5. The van der Waals surface area contributed by atoms with Crippen molar-refractivity contribution < 1.29 is 13.7 Å². The maximum absolute atomic E-state index is 13.3. The van der Waals surface area contributed by atoms with E-state index in [1.54, 1.807) is 23.1 Å². The molecule has 1 aromatic heterocycles. The molecule has 0 spiro atoms. The summed E-state index contributed by atoms with van der Waals surface area (Å²) in [5.41, 5.74) is 1.14. The molecule has 9 heteroatoms. The SMILES string of the molecule is O=C(Nc1cccc(F)c1)N1CCN(Cc2noc(-c3ccccc3Cl)n2)CC1. The molecule has 0 aliphatic carbocycles. The number of benzene rings is 2. The van der Waals surface area contributed by atoms with Crippen LogP contribution >= 0.6 is 11.6 Å². The lowest BCUT2D eigenvalue weighted by molar-refractivity contribution is 0.140. The molecule has 0 bridgehead atoms. The number of nitrogens with zero attached hydrogens (tertiary/aromatic N) is 4. The Bertz CT molecular complexity index is 1000. The summed E-state index contributed by atoms with van der Waals surface area (Å²) in [5.74, 6) is 0.570. The number of carbonyl (C=O) groups excluding carboxylic acids is 1. The van der Waals surface area contributed by atoms with E-state index in [9.17, 15) is 9.18 Å². The molecular weight excluding hydrogens is 397 g/mol. The fourth-order valence-electron chi connectivity index (χ4n) is 3.14. The number of urea groups is 1. The van der Waals surface area contributed by atoms with Gasteiger partial charge in [-0.3, -0.25) is 4.90 Å². The molecule has 2 amide bonds. The van der Waals surface area contributed by atoms with Crippen LogP contribution in [0.4, 0.5) is 14.9 Å². The Balaban J connectivity index is 1.30. The summed E-state index contributed by atoms with van der Waals surface area (Å²) in [7, 11) is 0. The zero-order valence-electron chi connectivity index (χ0n) is 15.5. The predicted octanol–water partition coefficient (Wildman–Crippen LogP) is 3.88. The van der Waals surface area contributed by atoms with E-state index in [2.05, 4.69) is 20.4 Å². The molecule has 1 aliphatic heterocycles. The van der Waals surface area contributed by atoms with E-state index in [1.165, 1.54) is 12.1 Å². The smallest absolute Gasteiger partial charge is 0.321 e. The lowest BCUT2D eigenvalue weighted by Gasteiger charge is -2.34. The Morgan fingerprint density at radius 1 is 1.14 bits per heavy atom. The summed E-state index contributed by atoms with van der Waals surface area (Å²) in [4.78, 5) is 20.6. The first-order valence-corrected chi connectivity index (χ1v) is 9.57. The monoisotopic (exact) mass is 415 g/mol. The largest absolute Gasteiger partial charge is 0.334 e. The van der Waals surface area contributed by atoms with Crippen molar-refractivity contribution in [2.45, 2.75) is 6.54 Å². The Labute approximate surface area is 172 Å². The average molecular weight is 416 g/mol. The zero-order valence-corrected chi connectivity index (χ0v) is 16.3. The second kappa shape index (κ2) is 8.59. The Morgan fingerprint density at radius 2 is 1.93 bits per heavy atom. The first-order chi connectivity index (χ1) is 14.1. The third kappa shape index (κ3) is 4.72. The molecule has 3 aromatic rings. The first kappa shape index (κ1) is 19.4. The van der Waals surface area contributed by atoms with Crippen LogP contribution in [0, 0.1) is 5.82 Å². The van der Waals surface area contributed by atoms with Crippen LogP contribution in [0.5, 0.6) is 0 Å². The quantitative estimate of drug-likeness (QED) is 0.700. The van der Waals surface area contributed by atoms with E-state index >= 15 is 0 Å². The second-order valence-electron chi connectivity index (χ2n) is 6.70. The Morgan fingerprint density at radius 3 is 2.69 bits per heavy atom. The summed E-state index contributed by atoms with van der Waals surface area (Å²) >= 11 is 6.17. The molecule has 150 valence electrons. The van der Waals surface area contributed by atoms with E-state index in [1.807, 2.05) is 18.2 Å². The molecule has 4 rings (SSSR count).